The molecule has 1 amide bonds. The van der Waals surface area contributed by atoms with Gasteiger partial charge in [0.2, 0.25) is 0 Å². The lowest BCUT2D eigenvalue weighted by atomic mass is 9.92. The largest absolute Gasteiger partial charge is 0.444 e. The molecule has 1 aliphatic rings. The minimum atomic E-state index is -0.467. The number of nitrogen functional groups attached to an aromatic ring is 1. The van der Waals surface area contributed by atoms with Crippen LogP contribution in [0.15, 0.2) is 18.3 Å². The molecule has 5 heteroatoms. The van der Waals surface area contributed by atoms with Crippen molar-refractivity contribution in [1.82, 2.24) is 10.3 Å². The molecule has 0 aliphatic heterocycles. The molecule has 5 nitrogen and oxygen atoms in total. The molecule has 0 aromatic carbocycles. The molecule has 1 aromatic heterocycles. The summed E-state index contributed by atoms with van der Waals surface area (Å²) in [5, 5.41) is 2.92. The van der Waals surface area contributed by atoms with Gasteiger partial charge in [-0.2, -0.15) is 0 Å². The van der Waals surface area contributed by atoms with E-state index in [2.05, 4.69) is 16.4 Å². The number of rotatable bonds is 2. The van der Waals surface area contributed by atoms with E-state index >= 15 is 0 Å². The van der Waals surface area contributed by atoms with Crippen molar-refractivity contribution in [2.24, 2.45) is 0 Å². The Morgan fingerprint density at radius 3 is 2.73 bits per heavy atom. The van der Waals surface area contributed by atoms with Gasteiger partial charge in [0.15, 0.2) is 0 Å². The number of nitrogens with two attached hydrogens (primary N) is 1. The van der Waals surface area contributed by atoms with Gasteiger partial charge in [-0.3, -0.25) is 4.98 Å². The lowest BCUT2D eigenvalue weighted by Crippen LogP contribution is -2.39. The Morgan fingerprint density at radius 2 is 2.18 bits per heavy atom. The van der Waals surface area contributed by atoms with E-state index in [9.17, 15) is 4.79 Å². The summed E-state index contributed by atoms with van der Waals surface area (Å²) < 4.78 is 5.28. The van der Waals surface area contributed by atoms with Crippen LogP contribution in [0.25, 0.3) is 5.57 Å². The summed E-state index contributed by atoms with van der Waals surface area (Å²) >= 11 is 0. The average Bonchev–Trinajstić information content (AvgIpc) is 2.40. The van der Waals surface area contributed by atoms with Crippen LogP contribution in [-0.2, 0) is 4.74 Å². The van der Waals surface area contributed by atoms with Crippen molar-refractivity contribution in [1.29, 1.82) is 0 Å². The Morgan fingerprint density at radius 1 is 1.45 bits per heavy atom. The van der Waals surface area contributed by atoms with E-state index < -0.39 is 5.60 Å². The first-order valence-corrected chi connectivity index (χ1v) is 7.65. The number of aromatic nitrogens is 1. The molecule has 0 saturated carbocycles. The van der Waals surface area contributed by atoms with E-state index in [-0.39, 0.29) is 12.1 Å². The molecular formula is C17H25N3O2. The number of nitrogens with zero attached hydrogens (tertiary/aromatic N) is 1. The highest BCUT2D eigenvalue weighted by molar-refractivity contribution is 5.69. The van der Waals surface area contributed by atoms with E-state index in [1.807, 2.05) is 33.8 Å². The monoisotopic (exact) mass is 303 g/mol. The SMILES string of the molecule is Cc1cc(C2=CCC(NC(=O)OC(C)(C)C)CC2)ncc1N. The maximum atomic E-state index is 11.8. The number of amides is 1. The van der Waals surface area contributed by atoms with Gasteiger partial charge >= 0.3 is 6.09 Å². The lowest BCUT2D eigenvalue weighted by molar-refractivity contribution is 0.0502. The van der Waals surface area contributed by atoms with Crippen LogP contribution >= 0.6 is 0 Å². The molecule has 1 heterocycles. The number of nitrogens with one attached hydrogen (secondary N) is 1. The maximum Gasteiger partial charge on any atom is 0.407 e. The zero-order valence-corrected chi connectivity index (χ0v) is 13.8. The molecular weight excluding hydrogens is 278 g/mol. The van der Waals surface area contributed by atoms with Gasteiger partial charge in [0.25, 0.3) is 0 Å². The molecule has 0 fully saturated rings. The van der Waals surface area contributed by atoms with Crippen molar-refractivity contribution in [3.05, 3.63) is 29.6 Å². The van der Waals surface area contributed by atoms with E-state index in [0.29, 0.717) is 5.69 Å². The zero-order chi connectivity index (χ0) is 16.3. The number of carbonyl (C=O) groups excluding carboxylic acids is 1. The van der Waals surface area contributed by atoms with Crippen LogP contribution in [0.2, 0.25) is 0 Å². The third-order valence-electron chi connectivity index (χ3n) is 3.61. The Balaban J connectivity index is 1.95. The van der Waals surface area contributed by atoms with Gasteiger partial charge in [0.1, 0.15) is 5.60 Å². The third-order valence-corrected chi connectivity index (χ3v) is 3.61. The van der Waals surface area contributed by atoms with Crippen molar-refractivity contribution < 1.29 is 9.53 Å². The van der Waals surface area contributed by atoms with Crippen LogP contribution in [-0.4, -0.2) is 22.7 Å². The van der Waals surface area contributed by atoms with Crippen molar-refractivity contribution in [2.45, 2.75) is 58.6 Å². The molecule has 22 heavy (non-hydrogen) atoms. The highest BCUT2D eigenvalue weighted by atomic mass is 16.6. The van der Waals surface area contributed by atoms with Gasteiger partial charge in [-0.1, -0.05) is 6.08 Å². The summed E-state index contributed by atoms with van der Waals surface area (Å²) in [6, 6.07) is 2.14. The molecule has 0 bridgehead atoms. The Kier molecular flexibility index (Phi) is 4.74. The zero-order valence-electron chi connectivity index (χ0n) is 13.8. The minimum absolute atomic E-state index is 0.119. The quantitative estimate of drug-likeness (QED) is 0.877. The number of hydrogen-bond donors (Lipinski definition) is 2. The van der Waals surface area contributed by atoms with Gasteiger partial charge in [-0.15, -0.1) is 0 Å². The lowest BCUT2D eigenvalue weighted by Gasteiger charge is -2.25. The predicted molar refractivity (Wildman–Crippen MR) is 88.4 cm³/mol. The van der Waals surface area contributed by atoms with Gasteiger partial charge < -0.3 is 15.8 Å². The number of hydrogen-bond acceptors (Lipinski definition) is 4. The molecule has 0 radical (unpaired) electrons. The summed E-state index contributed by atoms with van der Waals surface area (Å²) in [5.74, 6) is 0. The topological polar surface area (TPSA) is 77.2 Å². The average molecular weight is 303 g/mol. The Hall–Kier alpha value is -2.04. The van der Waals surface area contributed by atoms with Gasteiger partial charge in [0, 0.05) is 6.04 Å². The highest BCUT2D eigenvalue weighted by Crippen LogP contribution is 2.27. The molecule has 1 aromatic rings. The summed E-state index contributed by atoms with van der Waals surface area (Å²) in [6.45, 7) is 7.57. The highest BCUT2D eigenvalue weighted by Gasteiger charge is 2.21. The fraction of sp³-hybridized carbons (Fsp3) is 0.529. The number of ether oxygens (including phenoxy) is 1. The Bertz CT molecular complexity index is 588. The number of carbonyl (C=O) groups is 1. The summed E-state index contributed by atoms with van der Waals surface area (Å²) in [4.78, 5) is 16.2. The van der Waals surface area contributed by atoms with Crippen molar-refractivity contribution >= 4 is 17.4 Å². The molecule has 1 atom stereocenters. The third kappa shape index (κ3) is 4.48. The Labute approximate surface area is 131 Å². The van der Waals surface area contributed by atoms with Crippen LogP contribution in [0.1, 0.15) is 51.3 Å². The molecule has 3 N–H and O–H groups in total. The summed E-state index contributed by atoms with van der Waals surface area (Å²) in [5.41, 5.74) is 9.28. The molecule has 0 saturated heterocycles. The number of pyridine rings is 1. The normalized spacial score (nSPS) is 18.5. The second-order valence-corrected chi connectivity index (χ2v) is 6.77. The fourth-order valence-corrected chi connectivity index (χ4v) is 2.41. The second-order valence-electron chi connectivity index (χ2n) is 6.77. The van der Waals surface area contributed by atoms with Gasteiger partial charge in [0.05, 0.1) is 17.6 Å². The van der Waals surface area contributed by atoms with Crippen LogP contribution in [0.3, 0.4) is 0 Å². The molecule has 0 spiro atoms. The van der Waals surface area contributed by atoms with Crippen molar-refractivity contribution in [3.63, 3.8) is 0 Å². The van der Waals surface area contributed by atoms with Crippen LogP contribution in [0.4, 0.5) is 10.5 Å². The molecule has 2 rings (SSSR count). The number of anilines is 1. The van der Waals surface area contributed by atoms with Crippen LogP contribution in [0.5, 0.6) is 0 Å². The molecule has 120 valence electrons. The molecule has 1 unspecified atom stereocenters. The van der Waals surface area contributed by atoms with E-state index in [0.717, 1.165) is 30.5 Å². The smallest absolute Gasteiger partial charge is 0.407 e. The number of alkyl carbamates (subject to hydrolysis) is 1. The van der Waals surface area contributed by atoms with E-state index in [1.54, 1.807) is 6.20 Å². The number of allylic oxidation sites excluding steroid dienone is 1. The summed E-state index contributed by atoms with van der Waals surface area (Å²) in [6.07, 6.45) is 6.06. The van der Waals surface area contributed by atoms with Crippen molar-refractivity contribution in [2.75, 3.05) is 5.73 Å². The first-order valence-electron chi connectivity index (χ1n) is 7.65. The second kappa shape index (κ2) is 6.38. The maximum absolute atomic E-state index is 11.8. The van der Waals surface area contributed by atoms with Gasteiger partial charge in [-0.05, 0) is 64.2 Å². The van der Waals surface area contributed by atoms with Crippen molar-refractivity contribution in [3.8, 4) is 0 Å². The van der Waals surface area contributed by atoms with Crippen LogP contribution in [0, 0.1) is 6.92 Å². The minimum Gasteiger partial charge on any atom is -0.444 e. The van der Waals surface area contributed by atoms with E-state index in [4.69, 9.17) is 10.5 Å². The first kappa shape index (κ1) is 16.3. The van der Waals surface area contributed by atoms with E-state index in [1.165, 1.54) is 5.57 Å². The number of aryl methyl sites for hydroxylation is 1. The summed E-state index contributed by atoms with van der Waals surface area (Å²) in [7, 11) is 0. The predicted octanol–water partition coefficient (Wildman–Crippen LogP) is 3.43. The molecule has 1 aliphatic carbocycles. The fourth-order valence-electron chi connectivity index (χ4n) is 2.41. The first-order chi connectivity index (χ1) is 10.2. The standard InChI is InChI=1S/C17H25N3O2/c1-11-9-15(19-10-14(11)18)12-5-7-13(8-6-12)20-16(21)22-17(2,3)4/h5,9-10,13H,6-8,18H2,1-4H3,(H,20,21). The van der Waals surface area contributed by atoms with Crippen LogP contribution < -0.4 is 11.1 Å². The van der Waals surface area contributed by atoms with Gasteiger partial charge in [-0.25, -0.2) is 4.79 Å².